The van der Waals surface area contributed by atoms with Gasteiger partial charge in [-0.25, -0.2) is 0 Å². The number of aliphatic hydroxyl groups excluding tert-OH is 1. The fraction of sp³-hybridized carbons (Fsp3) is 1.00. The van der Waals surface area contributed by atoms with Crippen molar-refractivity contribution in [2.75, 3.05) is 6.61 Å². The highest BCUT2D eigenvalue weighted by molar-refractivity contribution is 4.62. The maximum Gasteiger partial charge on any atom is 0.0433 e. The molecule has 0 aliphatic carbocycles. The molecule has 1 heteroatoms. The van der Waals surface area contributed by atoms with Crippen molar-refractivity contribution in [2.45, 2.75) is 117 Å². The zero-order valence-corrected chi connectivity index (χ0v) is 15.9. The first-order chi connectivity index (χ1) is 10.7. The van der Waals surface area contributed by atoms with Crippen LogP contribution in [-0.2, 0) is 0 Å². The van der Waals surface area contributed by atoms with E-state index in [1.807, 2.05) is 0 Å². The second-order valence-corrected chi connectivity index (χ2v) is 7.50. The van der Waals surface area contributed by atoms with Gasteiger partial charge < -0.3 is 5.11 Å². The zero-order valence-electron chi connectivity index (χ0n) is 15.9. The minimum atomic E-state index is 0.351. The van der Waals surface area contributed by atoms with Crippen molar-refractivity contribution in [1.82, 2.24) is 0 Å². The van der Waals surface area contributed by atoms with Crippen LogP contribution < -0.4 is 0 Å². The molecule has 0 saturated heterocycles. The predicted octanol–water partition coefficient (Wildman–Crippen LogP) is 7.12. The Labute approximate surface area is 141 Å². The van der Waals surface area contributed by atoms with Crippen LogP contribution in [0.5, 0.6) is 0 Å². The fourth-order valence-electron chi connectivity index (χ4n) is 3.26. The van der Waals surface area contributed by atoms with Crippen LogP contribution in [0.15, 0.2) is 0 Å². The highest BCUT2D eigenvalue weighted by atomic mass is 16.3. The van der Waals surface area contributed by atoms with E-state index in [0.29, 0.717) is 12.5 Å². The summed E-state index contributed by atoms with van der Waals surface area (Å²) < 4.78 is 0. The van der Waals surface area contributed by atoms with E-state index in [1.54, 1.807) is 0 Å². The number of hydrogen-bond donors (Lipinski definition) is 1. The summed E-state index contributed by atoms with van der Waals surface area (Å²) in [5.74, 6) is 1.46. The molecule has 134 valence electrons. The standard InChI is InChI=1S/C21H44O/c1-4-5-6-7-8-9-10-11-12-13-14-15-16-17-20(2)21(3)18-19-22/h20-22H,4-19H2,1-3H3. The van der Waals surface area contributed by atoms with E-state index in [1.165, 1.54) is 89.9 Å². The van der Waals surface area contributed by atoms with Crippen LogP contribution in [0, 0.1) is 11.8 Å². The Balaban J connectivity index is 3.14. The van der Waals surface area contributed by atoms with Gasteiger partial charge in [-0.2, -0.15) is 0 Å². The quantitative estimate of drug-likeness (QED) is 0.283. The zero-order chi connectivity index (χ0) is 16.5. The molecule has 0 aromatic heterocycles. The second-order valence-electron chi connectivity index (χ2n) is 7.50. The Morgan fingerprint density at radius 2 is 0.909 bits per heavy atom. The van der Waals surface area contributed by atoms with Gasteiger partial charge in [0.1, 0.15) is 0 Å². The molecular formula is C21H44O. The third-order valence-corrected chi connectivity index (χ3v) is 5.32. The molecule has 22 heavy (non-hydrogen) atoms. The lowest BCUT2D eigenvalue weighted by molar-refractivity contribution is 0.228. The molecule has 0 heterocycles. The highest BCUT2D eigenvalue weighted by Crippen LogP contribution is 2.21. The Morgan fingerprint density at radius 1 is 0.545 bits per heavy atom. The first kappa shape index (κ1) is 22.0. The molecule has 0 bridgehead atoms. The molecule has 2 atom stereocenters. The molecule has 1 nitrogen and oxygen atoms in total. The van der Waals surface area contributed by atoms with Gasteiger partial charge in [0.15, 0.2) is 0 Å². The molecule has 0 aliphatic rings. The highest BCUT2D eigenvalue weighted by Gasteiger charge is 2.10. The van der Waals surface area contributed by atoms with Gasteiger partial charge in [0.2, 0.25) is 0 Å². The molecule has 0 aromatic carbocycles. The van der Waals surface area contributed by atoms with Gasteiger partial charge in [0.05, 0.1) is 0 Å². The van der Waals surface area contributed by atoms with E-state index < -0.39 is 0 Å². The molecule has 0 fully saturated rings. The van der Waals surface area contributed by atoms with Crippen molar-refractivity contribution in [3.63, 3.8) is 0 Å². The van der Waals surface area contributed by atoms with E-state index in [2.05, 4.69) is 20.8 Å². The number of unbranched alkanes of at least 4 members (excludes halogenated alkanes) is 12. The van der Waals surface area contributed by atoms with Gasteiger partial charge in [-0.05, 0) is 18.3 Å². The minimum absolute atomic E-state index is 0.351. The van der Waals surface area contributed by atoms with E-state index >= 15 is 0 Å². The lowest BCUT2D eigenvalue weighted by Gasteiger charge is -2.18. The van der Waals surface area contributed by atoms with Crippen LogP contribution >= 0.6 is 0 Å². The van der Waals surface area contributed by atoms with Gasteiger partial charge >= 0.3 is 0 Å². The smallest absolute Gasteiger partial charge is 0.0433 e. The molecule has 0 rings (SSSR count). The fourth-order valence-corrected chi connectivity index (χ4v) is 3.26. The number of rotatable bonds is 17. The largest absolute Gasteiger partial charge is 0.396 e. The second kappa shape index (κ2) is 17.3. The Bertz CT molecular complexity index is 202. The molecule has 1 N–H and O–H groups in total. The molecule has 0 spiro atoms. The summed E-state index contributed by atoms with van der Waals surface area (Å²) >= 11 is 0. The first-order valence-electron chi connectivity index (χ1n) is 10.3. The average molecular weight is 313 g/mol. The number of aliphatic hydroxyl groups is 1. The van der Waals surface area contributed by atoms with Crippen LogP contribution in [0.1, 0.15) is 117 Å². The normalized spacial score (nSPS) is 14.2. The van der Waals surface area contributed by atoms with Gasteiger partial charge in [-0.15, -0.1) is 0 Å². The van der Waals surface area contributed by atoms with Gasteiger partial charge in [0, 0.05) is 6.61 Å². The van der Waals surface area contributed by atoms with Gasteiger partial charge in [0.25, 0.3) is 0 Å². The van der Waals surface area contributed by atoms with Crippen LogP contribution in [0.3, 0.4) is 0 Å². The monoisotopic (exact) mass is 312 g/mol. The minimum Gasteiger partial charge on any atom is -0.396 e. The Kier molecular flexibility index (Phi) is 17.3. The molecule has 2 unspecified atom stereocenters. The SMILES string of the molecule is CCCCCCCCCCCCCCCC(C)C(C)CCO. The van der Waals surface area contributed by atoms with Crippen molar-refractivity contribution < 1.29 is 5.11 Å². The van der Waals surface area contributed by atoms with E-state index in [-0.39, 0.29) is 0 Å². The summed E-state index contributed by atoms with van der Waals surface area (Å²) in [7, 11) is 0. The van der Waals surface area contributed by atoms with E-state index in [4.69, 9.17) is 5.11 Å². The van der Waals surface area contributed by atoms with Crippen molar-refractivity contribution in [3.05, 3.63) is 0 Å². The first-order valence-corrected chi connectivity index (χ1v) is 10.3. The molecule has 0 radical (unpaired) electrons. The molecule has 0 amide bonds. The Morgan fingerprint density at radius 3 is 1.32 bits per heavy atom. The van der Waals surface area contributed by atoms with E-state index in [0.717, 1.165) is 12.3 Å². The van der Waals surface area contributed by atoms with Crippen LogP contribution in [0.4, 0.5) is 0 Å². The maximum atomic E-state index is 8.97. The summed E-state index contributed by atoms with van der Waals surface area (Å²) in [6.07, 6.45) is 21.0. The average Bonchev–Trinajstić information content (AvgIpc) is 2.51. The summed E-state index contributed by atoms with van der Waals surface area (Å²) in [6, 6.07) is 0. The third-order valence-electron chi connectivity index (χ3n) is 5.32. The van der Waals surface area contributed by atoms with Crippen LogP contribution in [0.2, 0.25) is 0 Å². The summed E-state index contributed by atoms with van der Waals surface area (Å²) in [5.41, 5.74) is 0. The van der Waals surface area contributed by atoms with E-state index in [9.17, 15) is 0 Å². The van der Waals surface area contributed by atoms with Crippen molar-refractivity contribution in [1.29, 1.82) is 0 Å². The lowest BCUT2D eigenvalue weighted by atomic mass is 9.88. The lowest BCUT2D eigenvalue weighted by Crippen LogP contribution is -2.09. The summed E-state index contributed by atoms with van der Waals surface area (Å²) in [6.45, 7) is 7.27. The van der Waals surface area contributed by atoms with Gasteiger partial charge in [-0.3, -0.25) is 0 Å². The number of hydrogen-bond acceptors (Lipinski definition) is 1. The van der Waals surface area contributed by atoms with Crippen molar-refractivity contribution in [3.8, 4) is 0 Å². The molecule has 0 aromatic rings. The Hall–Kier alpha value is -0.0400. The predicted molar refractivity (Wildman–Crippen MR) is 100 cm³/mol. The maximum absolute atomic E-state index is 8.97. The van der Waals surface area contributed by atoms with Crippen molar-refractivity contribution >= 4 is 0 Å². The summed E-state index contributed by atoms with van der Waals surface area (Å²) in [4.78, 5) is 0. The summed E-state index contributed by atoms with van der Waals surface area (Å²) in [5, 5.41) is 8.97. The van der Waals surface area contributed by atoms with Gasteiger partial charge in [-0.1, -0.05) is 111 Å². The van der Waals surface area contributed by atoms with Crippen LogP contribution in [0.25, 0.3) is 0 Å². The third kappa shape index (κ3) is 14.9. The van der Waals surface area contributed by atoms with Crippen molar-refractivity contribution in [2.24, 2.45) is 11.8 Å². The molecule has 0 saturated carbocycles. The van der Waals surface area contributed by atoms with Crippen LogP contribution in [-0.4, -0.2) is 11.7 Å². The topological polar surface area (TPSA) is 20.2 Å². The molecular weight excluding hydrogens is 268 g/mol. The molecule has 0 aliphatic heterocycles.